The molecule has 1 atom stereocenters. The Balaban J connectivity index is 1.27. The lowest BCUT2D eigenvalue weighted by atomic mass is 10.00. The van der Waals surface area contributed by atoms with Crippen molar-refractivity contribution < 1.29 is 14.6 Å². The SMILES string of the molecule is CN(c1cc(C(=O)NCC(O)CN2CCc3ccccc3C2)ccn1)C1CCOCC1. The van der Waals surface area contributed by atoms with Gasteiger partial charge in [0.1, 0.15) is 5.82 Å². The normalized spacial score (nSPS) is 18.3. The summed E-state index contributed by atoms with van der Waals surface area (Å²) in [6.07, 6.45) is 3.97. The van der Waals surface area contributed by atoms with E-state index < -0.39 is 6.10 Å². The standard InChI is InChI=1S/C24H32N4O3/c1-27(21-8-12-31-13-9-21)23-14-19(6-10-25-23)24(30)26-15-22(29)17-28-11-7-18-4-2-3-5-20(18)16-28/h2-6,10,14,21-22,29H,7-9,11-13,15-17H2,1H3,(H,26,30). The fourth-order valence-electron chi connectivity index (χ4n) is 4.40. The number of aliphatic hydroxyl groups is 1. The van der Waals surface area contributed by atoms with Gasteiger partial charge < -0.3 is 20.1 Å². The van der Waals surface area contributed by atoms with Gasteiger partial charge in [-0.1, -0.05) is 24.3 Å². The van der Waals surface area contributed by atoms with E-state index in [1.165, 1.54) is 11.1 Å². The highest BCUT2D eigenvalue weighted by molar-refractivity contribution is 5.94. The summed E-state index contributed by atoms with van der Waals surface area (Å²) in [5.41, 5.74) is 3.27. The van der Waals surface area contributed by atoms with Crippen molar-refractivity contribution in [2.24, 2.45) is 0 Å². The van der Waals surface area contributed by atoms with E-state index in [9.17, 15) is 9.90 Å². The van der Waals surface area contributed by atoms with Crippen LogP contribution in [0.3, 0.4) is 0 Å². The highest BCUT2D eigenvalue weighted by atomic mass is 16.5. The van der Waals surface area contributed by atoms with Crippen LogP contribution in [-0.2, 0) is 17.7 Å². The minimum atomic E-state index is -0.611. The summed E-state index contributed by atoms with van der Waals surface area (Å²) in [5, 5.41) is 13.3. The summed E-state index contributed by atoms with van der Waals surface area (Å²) >= 11 is 0. The summed E-state index contributed by atoms with van der Waals surface area (Å²) in [6, 6.07) is 12.4. The largest absolute Gasteiger partial charge is 0.390 e. The van der Waals surface area contributed by atoms with E-state index in [2.05, 4.69) is 44.4 Å². The van der Waals surface area contributed by atoms with Gasteiger partial charge in [-0.25, -0.2) is 4.98 Å². The Bertz CT molecular complexity index is 885. The van der Waals surface area contributed by atoms with Crippen LogP contribution in [0.15, 0.2) is 42.6 Å². The van der Waals surface area contributed by atoms with Crippen LogP contribution in [0, 0.1) is 0 Å². The Morgan fingerprint density at radius 1 is 1.29 bits per heavy atom. The second-order valence-electron chi connectivity index (χ2n) is 8.47. The van der Waals surface area contributed by atoms with E-state index in [1.54, 1.807) is 12.3 Å². The topological polar surface area (TPSA) is 77.9 Å². The number of carbonyl (C=O) groups excluding carboxylic acids is 1. The van der Waals surface area contributed by atoms with E-state index in [4.69, 9.17) is 4.74 Å². The minimum absolute atomic E-state index is 0.188. The number of ether oxygens (including phenoxy) is 1. The molecule has 2 aliphatic heterocycles. The molecule has 7 heteroatoms. The number of hydrogen-bond donors (Lipinski definition) is 2. The van der Waals surface area contributed by atoms with E-state index in [0.29, 0.717) is 18.2 Å². The van der Waals surface area contributed by atoms with Crippen molar-refractivity contribution in [1.82, 2.24) is 15.2 Å². The maximum Gasteiger partial charge on any atom is 0.251 e. The lowest BCUT2D eigenvalue weighted by Gasteiger charge is -2.32. The van der Waals surface area contributed by atoms with Gasteiger partial charge in [-0.05, 0) is 42.5 Å². The zero-order valence-corrected chi connectivity index (χ0v) is 18.2. The number of carbonyl (C=O) groups is 1. The number of nitrogens with zero attached hydrogens (tertiary/aromatic N) is 3. The fourth-order valence-corrected chi connectivity index (χ4v) is 4.40. The third-order valence-electron chi connectivity index (χ3n) is 6.28. The maximum absolute atomic E-state index is 12.7. The number of pyridine rings is 1. The van der Waals surface area contributed by atoms with Crippen molar-refractivity contribution in [1.29, 1.82) is 0 Å². The average Bonchev–Trinajstić information content (AvgIpc) is 2.82. The van der Waals surface area contributed by atoms with E-state index in [1.807, 2.05) is 13.1 Å². The zero-order chi connectivity index (χ0) is 21.6. The first-order valence-corrected chi connectivity index (χ1v) is 11.1. The third kappa shape index (κ3) is 5.61. The van der Waals surface area contributed by atoms with Gasteiger partial charge in [0.25, 0.3) is 5.91 Å². The Kier molecular flexibility index (Phi) is 7.17. The van der Waals surface area contributed by atoms with Crippen LogP contribution >= 0.6 is 0 Å². The molecule has 0 radical (unpaired) electrons. The van der Waals surface area contributed by atoms with Gasteiger partial charge in [0, 0.05) is 64.2 Å². The number of rotatable bonds is 7. The molecule has 7 nitrogen and oxygen atoms in total. The van der Waals surface area contributed by atoms with E-state index in [-0.39, 0.29) is 12.5 Å². The van der Waals surface area contributed by atoms with Crippen molar-refractivity contribution in [3.05, 3.63) is 59.3 Å². The van der Waals surface area contributed by atoms with Crippen molar-refractivity contribution >= 4 is 11.7 Å². The number of fused-ring (bicyclic) bond motifs is 1. The second-order valence-corrected chi connectivity index (χ2v) is 8.47. The molecule has 2 aliphatic rings. The van der Waals surface area contributed by atoms with Gasteiger partial charge in [-0.2, -0.15) is 0 Å². The van der Waals surface area contributed by atoms with Gasteiger partial charge in [0.15, 0.2) is 0 Å². The highest BCUT2D eigenvalue weighted by Gasteiger charge is 2.21. The number of aliphatic hydroxyl groups excluding tert-OH is 1. The van der Waals surface area contributed by atoms with Crippen molar-refractivity contribution in [3.63, 3.8) is 0 Å². The summed E-state index contributed by atoms with van der Waals surface area (Å²) in [4.78, 5) is 21.5. The number of aromatic nitrogens is 1. The second kappa shape index (κ2) is 10.2. The highest BCUT2D eigenvalue weighted by Crippen LogP contribution is 2.20. The van der Waals surface area contributed by atoms with Gasteiger partial charge in [0.05, 0.1) is 6.10 Å². The number of hydrogen-bond acceptors (Lipinski definition) is 6. The molecule has 0 spiro atoms. The Morgan fingerprint density at radius 2 is 2.06 bits per heavy atom. The van der Waals surface area contributed by atoms with Gasteiger partial charge in [-0.15, -0.1) is 0 Å². The molecule has 4 rings (SSSR count). The van der Waals surface area contributed by atoms with Crippen LogP contribution < -0.4 is 10.2 Å². The molecule has 0 bridgehead atoms. The van der Waals surface area contributed by atoms with Crippen LogP contribution in [0.1, 0.15) is 34.3 Å². The van der Waals surface area contributed by atoms with Crippen molar-refractivity contribution in [3.8, 4) is 0 Å². The lowest BCUT2D eigenvalue weighted by molar-refractivity contribution is 0.0840. The minimum Gasteiger partial charge on any atom is -0.390 e. The first-order chi connectivity index (χ1) is 15.1. The van der Waals surface area contributed by atoms with Gasteiger partial charge in [-0.3, -0.25) is 9.69 Å². The van der Waals surface area contributed by atoms with Crippen LogP contribution in [0.4, 0.5) is 5.82 Å². The molecule has 0 saturated carbocycles. The molecule has 166 valence electrons. The van der Waals surface area contributed by atoms with Crippen LogP contribution in [-0.4, -0.2) is 72.9 Å². The Hall–Kier alpha value is -2.48. The first kappa shape index (κ1) is 21.7. The molecule has 2 N–H and O–H groups in total. The molecule has 1 fully saturated rings. The van der Waals surface area contributed by atoms with E-state index in [0.717, 1.165) is 51.4 Å². The summed E-state index contributed by atoms with van der Waals surface area (Å²) in [7, 11) is 2.01. The molecule has 1 amide bonds. The molecule has 1 unspecified atom stereocenters. The van der Waals surface area contributed by atoms with Crippen molar-refractivity contribution in [2.45, 2.75) is 38.0 Å². The smallest absolute Gasteiger partial charge is 0.251 e. The lowest BCUT2D eigenvalue weighted by Crippen LogP contribution is -2.42. The van der Waals surface area contributed by atoms with Crippen LogP contribution in [0.25, 0.3) is 0 Å². The fraction of sp³-hybridized carbons (Fsp3) is 0.500. The first-order valence-electron chi connectivity index (χ1n) is 11.1. The Labute approximate surface area is 184 Å². The molecular weight excluding hydrogens is 392 g/mol. The van der Waals surface area contributed by atoms with E-state index >= 15 is 0 Å². The van der Waals surface area contributed by atoms with Crippen LogP contribution in [0.2, 0.25) is 0 Å². The molecule has 3 heterocycles. The molecule has 1 aromatic heterocycles. The Morgan fingerprint density at radius 3 is 2.87 bits per heavy atom. The molecule has 0 aliphatic carbocycles. The number of β-amino-alcohol motifs (C(OH)–C–C–N with tert-alkyl or cyclic N) is 1. The quantitative estimate of drug-likeness (QED) is 0.706. The van der Waals surface area contributed by atoms with Crippen LogP contribution in [0.5, 0.6) is 0 Å². The van der Waals surface area contributed by atoms with Crippen molar-refractivity contribution in [2.75, 3.05) is 44.8 Å². The predicted octanol–water partition coefficient (Wildman–Crippen LogP) is 1.85. The third-order valence-corrected chi connectivity index (χ3v) is 6.28. The molecule has 1 saturated heterocycles. The molecular formula is C24H32N4O3. The molecule has 2 aromatic rings. The maximum atomic E-state index is 12.7. The number of nitrogens with one attached hydrogen (secondary N) is 1. The van der Waals surface area contributed by atoms with Gasteiger partial charge in [0.2, 0.25) is 0 Å². The summed E-state index contributed by atoms with van der Waals surface area (Å²) < 4.78 is 5.44. The number of anilines is 1. The predicted molar refractivity (Wildman–Crippen MR) is 120 cm³/mol. The average molecular weight is 425 g/mol. The number of benzene rings is 1. The monoisotopic (exact) mass is 424 g/mol. The zero-order valence-electron chi connectivity index (χ0n) is 18.2. The molecule has 31 heavy (non-hydrogen) atoms. The molecule has 1 aromatic carbocycles. The summed E-state index contributed by atoms with van der Waals surface area (Å²) in [5.74, 6) is 0.596. The van der Waals surface area contributed by atoms with Gasteiger partial charge >= 0.3 is 0 Å². The summed E-state index contributed by atoms with van der Waals surface area (Å²) in [6.45, 7) is 4.06. The number of amides is 1.